The molecule has 11 heteroatoms. The van der Waals surface area contributed by atoms with E-state index in [1.165, 1.54) is 44.3 Å². The molecule has 38 heavy (non-hydrogen) atoms. The van der Waals surface area contributed by atoms with Crippen LogP contribution in [0.2, 0.25) is 0 Å². The van der Waals surface area contributed by atoms with Crippen LogP contribution in [0.3, 0.4) is 0 Å². The lowest BCUT2D eigenvalue weighted by molar-refractivity contribution is -0.154. The normalized spacial score (nSPS) is 30.9. The maximum Gasteiger partial charge on any atom is 0.412 e. The van der Waals surface area contributed by atoms with Crippen molar-refractivity contribution in [3.63, 3.8) is 0 Å². The predicted octanol–water partition coefficient (Wildman–Crippen LogP) is 4.77. The quantitative estimate of drug-likeness (QED) is 0.361. The number of rotatable bonds is 3. The van der Waals surface area contributed by atoms with Crippen LogP contribution in [-0.2, 0) is 20.9 Å². The molecule has 1 unspecified atom stereocenters. The number of ether oxygens (including phenoxy) is 1. The second-order valence-corrected chi connectivity index (χ2v) is 11.2. The van der Waals surface area contributed by atoms with Gasteiger partial charge in [-0.2, -0.15) is 13.2 Å². The summed E-state index contributed by atoms with van der Waals surface area (Å²) in [7, 11) is 0. The Hall–Kier alpha value is -2.34. The number of Topliss-reactive ketones (excluding diaryl/α,β-unsaturated/α-hetero) is 1. The number of esters is 1. The van der Waals surface area contributed by atoms with Crippen LogP contribution in [0.25, 0.3) is 6.08 Å². The van der Waals surface area contributed by atoms with Crippen molar-refractivity contribution in [1.82, 2.24) is 4.98 Å². The maximum absolute atomic E-state index is 13.8. The average Bonchev–Trinajstić information content (AvgIpc) is 3.29. The van der Waals surface area contributed by atoms with Gasteiger partial charge >= 0.3 is 12.1 Å². The number of allylic oxidation sites excluding steroid dienone is 2. The monoisotopic (exact) mass is 559 g/mol. The summed E-state index contributed by atoms with van der Waals surface area (Å²) in [5.74, 6) is -2.94. The van der Waals surface area contributed by atoms with Crippen molar-refractivity contribution in [2.45, 2.75) is 85.0 Å². The van der Waals surface area contributed by atoms with E-state index in [0.29, 0.717) is 16.3 Å². The minimum absolute atomic E-state index is 0.262. The van der Waals surface area contributed by atoms with Gasteiger partial charge in [-0.05, 0) is 25.0 Å². The van der Waals surface area contributed by atoms with Crippen molar-refractivity contribution in [1.29, 1.82) is 0 Å². The lowest BCUT2D eigenvalue weighted by Crippen LogP contribution is -2.45. The minimum Gasteiger partial charge on any atom is -0.457 e. The highest BCUT2D eigenvalue weighted by Gasteiger charge is 2.42. The van der Waals surface area contributed by atoms with E-state index < -0.39 is 71.9 Å². The first-order valence-corrected chi connectivity index (χ1v) is 13.2. The minimum atomic E-state index is -4.64. The van der Waals surface area contributed by atoms with E-state index in [1.54, 1.807) is 25.3 Å². The molecule has 2 heterocycles. The van der Waals surface area contributed by atoms with E-state index in [9.17, 15) is 38.1 Å². The molecule has 7 nitrogen and oxygen atoms in total. The molecule has 0 saturated carbocycles. The summed E-state index contributed by atoms with van der Waals surface area (Å²) in [5.41, 5.74) is -1.38. The van der Waals surface area contributed by atoms with Gasteiger partial charge in [0.05, 0.1) is 36.3 Å². The maximum atomic E-state index is 13.8. The Morgan fingerprint density at radius 3 is 2.50 bits per heavy atom. The average molecular weight is 560 g/mol. The molecule has 1 aliphatic heterocycles. The molecular weight excluding hydrogens is 523 g/mol. The lowest BCUT2D eigenvalue weighted by atomic mass is 9.73. The molecule has 0 spiro atoms. The molecule has 1 aliphatic rings. The Balaban J connectivity index is 2.50. The molecule has 1 aromatic rings. The number of ketones is 1. The smallest absolute Gasteiger partial charge is 0.412 e. The fraction of sp³-hybridized carbons (Fsp3) is 0.593. The largest absolute Gasteiger partial charge is 0.457 e. The van der Waals surface area contributed by atoms with Gasteiger partial charge in [0, 0.05) is 29.2 Å². The van der Waals surface area contributed by atoms with Crippen LogP contribution in [0.5, 0.6) is 0 Å². The third-order valence-electron chi connectivity index (χ3n) is 6.87. The first-order chi connectivity index (χ1) is 17.6. The van der Waals surface area contributed by atoms with Crippen molar-refractivity contribution in [3.05, 3.63) is 45.5 Å². The summed E-state index contributed by atoms with van der Waals surface area (Å²) in [6, 6.07) is 0. The van der Waals surface area contributed by atoms with Crippen molar-refractivity contribution in [2.24, 2.45) is 17.3 Å². The first kappa shape index (κ1) is 31.9. The standard InChI is InChI=1S/C27H36F3NO6S/c1-15-7-6-8-18(27(28,29)30)9-10-20(16(2)11-19-14-38-22(13-32)31-19)37-23(34)12-21(33)26(4,5)25(36)17(3)24(15)35/h6-7,9,11,14-15,17,20-21,24,32-33,35H,8,10,12-13H2,1-5H3/b7-6+,16-11+,18-9+/t15-,17+,20?,21-,24-/m0/s1. The highest BCUT2D eigenvalue weighted by Crippen LogP contribution is 2.33. The van der Waals surface area contributed by atoms with Crippen LogP contribution in [0.1, 0.15) is 64.6 Å². The number of thiazole rings is 1. The molecule has 0 saturated heterocycles. The summed E-state index contributed by atoms with van der Waals surface area (Å²) in [6.45, 7) is 7.35. The summed E-state index contributed by atoms with van der Waals surface area (Å²) in [6.07, 6.45) is -4.45. The lowest BCUT2D eigenvalue weighted by Gasteiger charge is -2.34. The summed E-state index contributed by atoms with van der Waals surface area (Å²) >= 11 is 1.21. The van der Waals surface area contributed by atoms with Crippen molar-refractivity contribution >= 4 is 29.2 Å². The number of aliphatic hydroxyl groups is 3. The molecule has 0 aromatic carbocycles. The Kier molecular flexibility index (Phi) is 11.0. The van der Waals surface area contributed by atoms with E-state index in [1.807, 2.05) is 0 Å². The number of cyclic esters (lactones) is 1. The van der Waals surface area contributed by atoms with Crippen LogP contribution in [0.15, 0.2) is 34.8 Å². The van der Waals surface area contributed by atoms with E-state index in [-0.39, 0.29) is 13.0 Å². The molecule has 212 valence electrons. The van der Waals surface area contributed by atoms with E-state index in [4.69, 9.17) is 4.74 Å². The zero-order chi connectivity index (χ0) is 28.8. The SMILES string of the molecule is C/C(=C\c1csc(CO)n1)C1C/C=C(/C(F)(F)F)C/C=C/[C@H](C)[C@H](O)[C@@H](C)C(=O)C(C)(C)[C@@H](O)CC(=O)O1. The summed E-state index contributed by atoms with van der Waals surface area (Å²) < 4.78 is 46.8. The van der Waals surface area contributed by atoms with Crippen LogP contribution in [0.4, 0.5) is 13.2 Å². The fourth-order valence-electron chi connectivity index (χ4n) is 4.19. The van der Waals surface area contributed by atoms with E-state index in [2.05, 4.69) is 4.98 Å². The highest BCUT2D eigenvalue weighted by atomic mass is 32.1. The Morgan fingerprint density at radius 1 is 1.26 bits per heavy atom. The molecular formula is C27H36F3NO6S. The van der Waals surface area contributed by atoms with Crippen LogP contribution in [-0.4, -0.2) is 56.5 Å². The van der Waals surface area contributed by atoms with Gasteiger partial charge in [-0.25, -0.2) is 4.98 Å². The molecule has 0 fully saturated rings. The molecule has 0 amide bonds. The molecule has 0 aliphatic carbocycles. The van der Waals surface area contributed by atoms with Gasteiger partial charge in [0.15, 0.2) is 0 Å². The third-order valence-corrected chi connectivity index (χ3v) is 7.73. The molecule has 0 radical (unpaired) electrons. The molecule has 3 N–H and O–H groups in total. The number of aromatic nitrogens is 1. The van der Waals surface area contributed by atoms with Crippen molar-refractivity contribution < 1.29 is 42.8 Å². The number of carbonyl (C=O) groups excluding carboxylic acids is 2. The van der Waals surface area contributed by atoms with Gasteiger partial charge in [0.2, 0.25) is 0 Å². The van der Waals surface area contributed by atoms with Gasteiger partial charge in [0.1, 0.15) is 16.9 Å². The number of hydrogen-bond donors (Lipinski definition) is 3. The second-order valence-electron chi connectivity index (χ2n) is 10.2. The Bertz CT molecular complexity index is 1080. The number of nitrogens with zero attached hydrogens (tertiary/aromatic N) is 1. The van der Waals surface area contributed by atoms with E-state index in [0.717, 1.165) is 6.08 Å². The predicted molar refractivity (Wildman–Crippen MR) is 138 cm³/mol. The summed E-state index contributed by atoms with van der Waals surface area (Å²) in [5, 5.41) is 32.8. The number of aliphatic hydroxyl groups excluding tert-OH is 3. The third kappa shape index (κ3) is 8.33. The zero-order valence-corrected chi connectivity index (χ0v) is 23.0. The number of alkyl halides is 3. The van der Waals surface area contributed by atoms with Gasteiger partial charge in [-0.15, -0.1) is 11.3 Å². The Labute approximate surface area is 224 Å². The topological polar surface area (TPSA) is 117 Å². The van der Waals surface area contributed by atoms with Crippen molar-refractivity contribution in [3.8, 4) is 0 Å². The van der Waals surface area contributed by atoms with Crippen LogP contribution >= 0.6 is 11.3 Å². The first-order valence-electron chi connectivity index (χ1n) is 12.3. The highest BCUT2D eigenvalue weighted by molar-refractivity contribution is 7.09. The van der Waals surface area contributed by atoms with Gasteiger partial charge in [0.25, 0.3) is 0 Å². The number of carbonyl (C=O) groups is 2. The van der Waals surface area contributed by atoms with Gasteiger partial charge in [-0.3, -0.25) is 9.59 Å². The fourth-order valence-corrected chi connectivity index (χ4v) is 4.80. The van der Waals surface area contributed by atoms with Crippen LogP contribution in [0, 0.1) is 17.3 Å². The number of halogens is 3. The van der Waals surface area contributed by atoms with Crippen molar-refractivity contribution in [2.75, 3.05) is 0 Å². The second kappa shape index (κ2) is 13.1. The molecule has 0 bridgehead atoms. The molecule has 1 aromatic heterocycles. The zero-order valence-electron chi connectivity index (χ0n) is 22.2. The molecule has 5 atom stereocenters. The van der Waals surface area contributed by atoms with Gasteiger partial charge in [-0.1, -0.05) is 45.9 Å². The summed E-state index contributed by atoms with van der Waals surface area (Å²) in [4.78, 5) is 30.1. The van der Waals surface area contributed by atoms with Gasteiger partial charge < -0.3 is 20.1 Å². The Morgan fingerprint density at radius 2 is 1.92 bits per heavy atom. The van der Waals surface area contributed by atoms with E-state index >= 15 is 0 Å². The van der Waals surface area contributed by atoms with Crippen LogP contribution < -0.4 is 0 Å². The molecule has 2 rings (SSSR count). The number of hydrogen-bond acceptors (Lipinski definition) is 8.